The van der Waals surface area contributed by atoms with Crippen molar-refractivity contribution in [2.45, 2.75) is 20.8 Å². The number of aryl methyl sites for hydroxylation is 2. The summed E-state index contributed by atoms with van der Waals surface area (Å²) in [6, 6.07) is 15.1. The average molecular weight is 336 g/mol. The molecule has 0 aliphatic heterocycles. The number of pyridine rings is 1. The summed E-state index contributed by atoms with van der Waals surface area (Å²) in [6.07, 6.45) is 0. The number of H-pyrrole nitrogens is 1. The van der Waals surface area contributed by atoms with Gasteiger partial charge in [-0.2, -0.15) is 0 Å². The Labute approximate surface area is 146 Å². The highest BCUT2D eigenvalue weighted by Crippen LogP contribution is 2.28. The molecule has 25 heavy (non-hydrogen) atoms. The van der Waals surface area contributed by atoms with Gasteiger partial charge in [0, 0.05) is 23.0 Å². The Morgan fingerprint density at radius 1 is 1.12 bits per heavy atom. The minimum atomic E-state index is -0.352. The van der Waals surface area contributed by atoms with E-state index >= 15 is 0 Å². The number of hydrogen-bond donors (Lipinski definition) is 1. The van der Waals surface area contributed by atoms with Gasteiger partial charge in [0.1, 0.15) is 11.4 Å². The van der Waals surface area contributed by atoms with Crippen LogP contribution in [0.3, 0.4) is 0 Å². The zero-order valence-corrected chi connectivity index (χ0v) is 14.5. The second kappa shape index (κ2) is 7.21. The molecule has 3 rings (SSSR count). The predicted molar refractivity (Wildman–Crippen MR) is 96.0 cm³/mol. The summed E-state index contributed by atoms with van der Waals surface area (Å²) in [5.74, 6) is 0.888. The molecule has 0 fully saturated rings. The van der Waals surface area contributed by atoms with Gasteiger partial charge in [-0.05, 0) is 50.6 Å². The number of ether oxygens (including phenoxy) is 2. The van der Waals surface area contributed by atoms with E-state index in [1.54, 1.807) is 6.92 Å². The van der Waals surface area contributed by atoms with Crippen molar-refractivity contribution >= 4 is 5.97 Å². The van der Waals surface area contributed by atoms with Crippen molar-refractivity contribution in [1.82, 2.24) is 9.97 Å². The van der Waals surface area contributed by atoms with Crippen LogP contribution in [0, 0.1) is 13.8 Å². The fourth-order valence-electron chi connectivity index (χ4n) is 2.58. The smallest absolute Gasteiger partial charge is 0.355 e. The molecular formula is C20H20N2O3. The molecule has 0 saturated heterocycles. The Morgan fingerprint density at radius 3 is 2.56 bits per heavy atom. The summed E-state index contributed by atoms with van der Waals surface area (Å²) in [5, 5.41) is 0. The Kier molecular flexibility index (Phi) is 4.84. The lowest BCUT2D eigenvalue weighted by Crippen LogP contribution is -2.06. The Morgan fingerprint density at radius 2 is 1.88 bits per heavy atom. The van der Waals surface area contributed by atoms with Gasteiger partial charge in [0.15, 0.2) is 0 Å². The highest BCUT2D eigenvalue weighted by molar-refractivity contribution is 5.95. The van der Waals surface area contributed by atoms with E-state index in [2.05, 4.69) is 9.97 Å². The summed E-state index contributed by atoms with van der Waals surface area (Å²) in [6.45, 7) is 5.96. The molecule has 5 nitrogen and oxygen atoms in total. The number of nitrogens with one attached hydrogen (secondary N) is 1. The van der Waals surface area contributed by atoms with Crippen LogP contribution in [0.2, 0.25) is 0 Å². The SMILES string of the molecule is CCOC(=O)c1[nH]c(C)cc1-c1ccc(Oc2cccc(C)n2)cc1. The first kappa shape index (κ1) is 16.8. The molecule has 1 aromatic carbocycles. The average Bonchev–Trinajstić information content (AvgIpc) is 2.98. The van der Waals surface area contributed by atoms with Gasteiger partial charge in [-0.3, -0.25) is 0 Å². The third kappa shape index (κ3) is 3.88. The number of hydrogen-bond acceptors (Lipinski definition) is 4. The second-order valence-corrected chi connectivity index (χ2v) is 5.71. The first-order valence-corrected chi connectivity index (χ1v) is 8.15. The molecule has 0 aliphatic carbocycles. The van der Waals surface area contributed by atoms with Crippen molar-refractivity contribution in [1.29, 1.82) is 0 Å². The lowest BCUT2D eigenvalue weighted by Gasteiger charge is -2.07. The minimum Gasteiger partial charge on any atom is -0.461 e. The molecule has 1 N–H and O–H groups in total. The Hall–Kier alpha value is -3.08. The van der Waals surface area contributed by atoms with Crippen LogP contribution in [-0.4, -0.2) is 22.5 Å². The van der Waals surface area contributed by atoms with Crippen LogP contribution >= 0.6 is 0 Å². The number of carbonyl (C=O) groups is 1. The van der Waals surface area contributed by atoms with Gasteiger partial charge in [-0.15, -0.1) is 0 Å². The van der Waals surface area contributed by atoms with Crippen LogP contribution in [0.4, 0.5) is 0 Å². The van der Waals surface area contributed by atoms with Crippen molar-refractivity contribution in [3.8, 4) is 22.8 Å². The van der Waals surface area contributed by atoms with Crippen LogP contribution in [0.25, 0.3) is 11.1 Å². The molecule has 128 valence electrons. The minimum absolute atomic E-state index is 0.340. The third-order valence-corrected chi connectivity index (χ3v) is 3.68. The summed E-state index contributed by atoms with van der Waals surface area (Å²) in [7, 11) is 0. The zero-order valence-electron chi connectivity index (χ0n) is 14.5. The zero-order chi connectivity index (χ0) is 17.8. The van der Waals surface area contributed by atoms with Gasteiger partial charge in [0.25, 0.3) is 0 Å². The maximum Gasteiger partial charge on any atom is 0.355 e. The lowest BCUT2D eigenvalue weighted by molar-refractivity contribution is 0.0521. The largest absolute Gasteiger partial charge is 0.461 e. The van der Waals surface area contributed by atoms with E-state index in [1.807, 2.05) is 62.4 Å². The molecule has 2 aromatic heterocycles. The molecule has 0 unspecified atom stereocenters. The maximum absolute atomic E-state index is 12.1. The van der Waals surface area contributed by atoms with E-state index < -0.39 is 0 Å². The van der Waals surface area contributed by atoms with E-state index in [0.717, 1.165) is 22.5 Å². The fourth-order valence-corrected chi connectivity index (χ4v) is 2.58. The van der Waals surface area contributed by atoms with Gasteiger partial charge in [0.05, 0.1) is 6.61 Å². The van der Waals surface area contributed by atoms with E-state index in [4.69, 9.17) is 9.47 Å². The highest BCUT2D eigenvalue weighted by Gasteiger charge is 2.17. The lowest BCUT2D eigenvalue weighted by atomic mass is 10.1. The van der Waals surface area contributed by atoms with Crippen molar-refractivity contribution < 1.29 is 14.3 Å². The molecule has 0 radical (unpaired) electrons. The van der Waals surface area contributed by atoms with E-state index in [9.17, 15) is 4.79 Å². The molecule has 0 bridgehead atoms. The second-order valence-electron chi connectivity index (χ2n) is 5.71. The number of nitrogens with zero attached hydrogens (tertiary/aromatic N) is 1. The quantitative estimate of drug-likeness (QED) is 0.688. The van der Waals surface area contributed by atoms with Crippen molar-refractivity contribution in [3.63, 3.8) is 0 Å². The number of aromatic nitrogens is 2. The Bertz CT molecular complexity index is 882. The van der Waals surface area contributed by atoms with Crippen molar-refractivity contribution in [2.24, 2.45) is 0 Å². The Balaban J connectivity index is 1.84. The molecule has 0 aliphatic rings. The number of rotatable bonds is 5. The monoisotopic (exact) mass is 336 g/mol. The molecule has 0 spiro atoms. The summed E-state index contributed by atoms with van der Waals surface area (Å²) < 4.78 is 10.9. The van der Waals surface area contributed by atoms with Crippen molar-refractivity contribution in [2.75, 3.05) is 6.61 Å². The number of aromatic amines is 1. The van der Waals surface area contributed by atoms with Gasteiger partial charge in [0.2, 0.25) is 5.88 Å². The van der Waals surface area contributed by atoms with Crippen LogP contribution < -0.4 is 4.74 Å². The summed E-state index contributed by atoms with van der Waals surface area (Å²) >= 11 is 0. The van der Waals surface area contributed by atoms with Crippen molar-refractivity contribution in [3.05, 3.63) is 65.6 Å². The van der Waals surface area contributed by atoms with Gasteiger partial charge in [-0.1, -0.05) is 18.2 Å². The topological polar surface area (TPSA) is 64.2 Å². The first-order chi connectivity index (χ1) is 12.1. The maximum atomic E-state index is 12.1. The predicted octanol–water partition coefficient (Wildman–Crippen LogP) is 4.66. The van der Waals surface area contributed by atoms with Gasteiger partial charge < -0.3 is 14.5 Å². The third-order valence-electron chi connectivity index (χ3n) is 3.68. The molecule has 0 amide bonds. The summed E-state index contributed by atoms with van der Waals surface area (Å²) in [4.78, 5) is 19.5. The van der Waals surface area contributed by atoms with E-state index in [-0.39, 0.29) is 5.97 Å². The van der Waals surface area contributed by atoms with E-state index in [0.29, 0.717) is 23.9 Å². The molecule has 0 saturated carbocycles. The van der Waals surface area contributed by atoms with Crippen LogP contribution in [-0.2, 0) is 4.74 Å². The molecule has 3 aromatic rings. The molecule has 2 heterocycles. The van der Waals surface area contributed by atoms with Crippen LogP contribution in [0.5, 0.6) is 11.6 Å². The molecule has 5 heteroatoms. The fraction of sp³-hybridized carbons (Fsp3) is 0.200. The number of esters is 1. The van der Waals surface area contributed by atoms with Gasteiger partial charge >= 0.3 is 5.97 Å². The number of carbonyl (C=O) groups excluding carboxylic acids is 1. The van der Waals surface area contributed by atoms with E-state index in [1.165, 1.54) is 0 Å². The highest BCUT2D eigenvalue weighted by atomic mass is 16.5. The van der Waals surface area contributed by atoms with Gasteiger partial charge in [-0.25, -0.2) is 9.78 Å². The standard InChI is InChI=1S/C20H20N2O3/c1-4-24-20(23)19-17(12-14(3)22-19)15-8-10-16(11-9-15)25-18-7-5-6-13(2)21-18/h5-12,22H,4H2,1-3H3. The normalized spacial score (nSPS) is 10.5. The first-order valence-electron chi connectivity index (χ1n) is 8.15. The number of benzene rings is 1. The summed E-state index contributed by atoms with van der Waals surface area (Å²) in [5.41, 5.74) is 4.00. The molecule has 0 atom stereocenters. The van der Waals surface area contributed by atoms with Crippen LogP contribution in [0.15, 0.2) is 48.5 Å². The molecular weight excluding hydrogens is 316 g/mol. The van der Waals surface area contributed by atoms with Crippen LogP contribution in [0.1, 0.15) is 28.8 Å².